The van der Waals surface area contributed by atoms with E-state index < -0.39 is 11.7 Å². The van der Waals surface area contributed by atoms with Crippen molar-refractivity contribution >= 4 is 27.6 Å². The predicted molar refractivity (Wildman–Crippen MR) is 136 cm³/mol. The number of hydrogen-bond donors (Lipinski definition) is 2. The number of fused-ring (bicyclic) bond motifs is 2. The third kappa shape index (κ3) is 5.04. The first-order chi connectivity index (χ1) is 17.7. The van der Waals surface area contributed by atoms with E-state index in [0.717, 1.165) is 28.5 Å². The molecular weight excluding hydrogens is 481 g/mol. The van der Waals surface area contributed by atoms with Crippen LogP contribution in [0, 0.1) is 0 Å². The largest absolute Gasteiger partial charge is 0.457 e. The number of halogens is 3. The van der Waals surface area contributed by atoms with Gasteiger partial charge in [-0.05, 0) is 77.9 Å². The third-order valence-corrected chi connectivity index (χ3v) is 6.12. The van der Waals surface area contributed by atoms with Gasteiger partial charge in [0.05, 0.1) is 17.1 Å². The van der Waals surface area contributed by atoms with Gasteiger partial charge >= 0.3 is 6.18 Å². The maximum atomic E-state index is 13.1. The highest BCUT2D eigenvalue weighted by Gasteiger charge is 2.30. The minimum atomic E-state index is -4.42. The summed E-state index contributed by atoms with van der Waals surface area (Å²) in [4.78, 5) is 27.7. The molecule has 37 heavy (non-hydrogen) atoms. The second-order valence-corrected chi connectivity index (χ2v) is 8.65. The molecule has 0 aliphatic rings. The van der Waals surface area contributed by atoms with Crippen molar-refractivity contribution in [3.05, 3.63) is 118 Å². The van der Waals surface area contributed by atoms with Crippen molar-refractivity contribution in [2.45, 2.75) is 19.1 Å². The number of hydrogen-bond acceptors (Lipinski definition) is 3. The molecule has 0 saturated heterocycles. The van der Waals surface area contributed by atoms with Gasteiger partial charge in [-0.25, -0.2) is 0 Å². The molecule has 0 fully saturated rings. The van der Waals surface area contributed by atoms with Crippen molar-refractivity contribution < 1.29 is 22.7 Å². The van der Waals surface area contributed by atoms with E-state index in [2.05, 4.69) is 10.3 Å². The van der Waals surface area contributed by atoms with Crippen LogP contribution in [0.1, 0.15) is 34.5 Å². The van der Waals surface area contributed by atoms with E-state index in [1.54, 1.807) is 36.4 Å². The Labute approximate surface area is 209 Å². The first-order valence-electron chi connectivity index (χ1n) is 11.5. The van der Waals surface area contributed by atoms with Crippen LogP contribution in [0.5, 0.6) is 11.5 Å². The highest BCUT2D eigenvalue weighted by molar-refractivity contribution is 6.00. The Morgan fingerprint density at radius 1 is 0.892 bits per heavy atom. The zero-order chi connectivity index (χ0) is 26.2. The molecule has 0 radical (unpaired) electrons. The first kappa shape index (κ1) is 24.1. The Balaban J connectivity index is 1.37. The Morgan fingerprint density at radius 2 is 1.62 bits per heavy atom. The molecule has 1 unspecified atom stereocenters. The van der Waals surface area contributed by atoms with E-state index in [-0.39, 0.29) is 23.3 Å². The van der Waals surface area contributed by atoms with Crippen LogP contribution in [-0.4, -0.2) is 10.9 Å². The second kappa shape index (κ2) is 9.46. The zero-order valence-corrected chi connectivity index (χ0v) is 19.6. The van der Waals surface area contributed by atoms with E-state index >= 15 is 0 Å². The number of para-hydroxylation sites is 1. The summed E-state index contributed by atoms with van der Waals surface area (Å²) >= 11 is 0. The molecule has 5 rings (SSSR count). The number of H-pyrrole nitrogens is 1. The van der Waals surface area contributed by atoms with Gasteiger partial charge in [-0.2, -0.15) is 13.2 Å². The molecule has 1 heterocycles. The lowest BCUT2D eigenvalue weighted by Crippen LogP contribution is -2.27. The topological polar surface area (TPSA) is 71.2 Å². The lowest BCUT2D eigenvalue weighted by atomic mass is 10.0. The molecule has 2 N–H and O–H groups in total. The summed E-state index contributed by atoms with van der Waals surface area (Å²) in [7, 11) is 0. The number of benzene rings is 4. The van der Waals surface area contributed by atoms with Gasteiger partial charge in [0.1, 0.15) is 11.5 Å². The Hall–Kier alpha value is -4.59. The number of carbonyl (C=O) groups is 1. The van der Waals surface area contributed by atoms with Crippen LogP contribution in [0.15, 0.2) is 95.8 Å². The number of nitrogens with one attached hydrogen (secondary N) is 2. The normalized spacial score (nSPS) is 12.4. The van der Waals surface area contributed by atoms with Crippen molar-refractivity contribution in [2.75, 3.05) is 0 Å². The number of aromatic amines is 1. The molecule has 5 nitrogen and oxygen atoms in total. The molecule has 1 amide bonds. The summed E-state index contributed by atoms with van der Waals surface area (Å²) in [6, 6.07) is 23.3. The van der Waals surface area contributed by atoms with Crippen molar-refractivity contribution in [3.63, 3.8) is 0 Å². The summed E-state index contributed by atoms with van der Waals surface area (Å²) in [5, 5.41) is 5.28. The fraction of sp³-hybridized carbons (Fsp3) is 0.103. The molecule has 0 bridgehead atoms. The van der Waals surface area contributed by atoms with Crippen molar-refractivity contribution in [1.29, 1.82) is 0 Å². The van der Waals surface area contributed by atoms with Crippen molar-refractivity contribution in [1.82, 2.24) is 10.3 Å². The molecule has 1 aromatic heterocycles. The predicted octanol–water partition coefficient (Wildman–Crippen LogP) is 6.98. The summed E-state index contributed by atoms with van der Waals surface area (Å²) in [6.45, 7) is 1.84. The van der Waals surface area contributed by atoms with Gasteiger partial charge in [-0.1, -0.05) is 30.3 Å². The van der Waals surface area contributed by atoms with Gasteiger partial charge in [-0.3, -0.25) is 9.59 Å². The van der Waals surface area contributed by atoms with Gasteiger partial charge in [0, 0.05) is 17.0 Å². The third-order valence-electron chi connectivity index (χ3n) is 6.12. The average Bonchev–Trinajstić information content (AvgIpc) is 2.88. The molecular formula is C29H21F3N2O3. The lowest BCUT2D eigenvalue weighted by molar-refractivity contribution is -0.137. The highest BCUT2D eigenvalue weighted by Crippen LogP contribution is 2.34. The van der Waals surface area contributed by atoms with Gasteiger partial charge in [0.25, 0.3) is 5.91 Å². The summed E-state index contributed by atoms with van der Waals surface area (Å²) < 4.78 is 44.3. The number of aromatic nitrogens is 1. The Kier molecular flexibility index (Phi) is 6.17. The quantitative estimate of drug-likeness (QED) is 0.272. The van der Waals surface area contributed by atoms with Gasteiger partial charge in [0.2, 0.25) is 5.56 Å². The maximum absolute atomic E-state index is 13.1. The standard InChI is InChI=1S/C29H21F3N2O3/c1-17(23-6-2-4-18-9-15-26(35)34-27(18)23)33-28(36)20-8-14-24-19(16-20)5-3-7-25(24)37-22-12-10-21(11-13-22)29(30,31)32/h2-17H,1H3,(H,33,36)(H,34,35). The van der Waals surface area contributed by atoms with Crippen LogP contribution < -0.4 is 15.6 Å². The molecule has 0 saturated carbocycles. The highest BCUT2D eigenvalue weighted by atomic mass is 19.4. The first-order valence-corrected chi connectivity index (χ1v) is 11.5. The van der Waals surface area contributed by atoms with E-state index in [4.69, 9.17) is 4.74 Å². The summed E-state index contributed by atoms with van der Waals surface area (Å²) in [5.74, 6) is 0.431. The van der Waals surface area contributed by atoms with E-state index in [1.807, 2.05) is 31.2 Å². The number of rotatable bonds is 5. The lowest BCUT2D eigenvalue weighted by Gasteiger charge is -2.17. The van der Waals surface area contributed by atoms with E-state index in [1.165, 1.54) is 18.2 Å². The molecule has 186 valence electrons. The average molecular weight is 502 g/mol. The number of alkyl halides is 3. The van der Waals surface area contributed by atoms with Crippen LogP contribution in [0.3, 0.4) is 0 Å². The maximum Gasteiger partial charge on any atom is 0.416 e. The van der Waals surface area contributed by atoms with E-state index in [9.17, 15) is 22.8 Å². The van der Waals surface area contributed by atoms with Crippen LogP contribution in [0.25, 0.3) is 21.7 Å². The number of amides is 1. The minimum absolute atomic E-state index is 0.220. The van der Waals surface area contributed by atoms with Crippen LogP contribution in [0.2, 0.25) is 0 Å². The Bertz CT molecular complexity index is 1670. The SMILES string of the molecule is CC(NC(=O)c1ccc2c(Oc3ccc(C(F)(F)F)cc3)cccc2c1)c1cccc2ccc(=O)[nH]c12. The van der Waals surface area contributed by atoms with Gasteiger partial charge in [0.15, 0.2) is 0 Å². The number of carbonyl (C=O) groups excluding carboxylic acids is 1. The molecule has 0 spiro atoms. The molecule has 0 aliphatic carbocycles. The fourth-order valence-corrected chi connectivity index (χ4v) is 4.24. The zero-order valence-electron chi connectivity index (χ0n) is 19.6. The number of ether oxygens (including phenoxy) is 1. The second-order valence-electron chi connectivity index (χ2n) is 8.65. The Morgan fingerprint density at radius 3 is 2.38 bits per heavy atom. The smallest absolute Gasteiger partial charge is 0.416 e. The fourth-order valence-electron chi connectivity index (χ4n) is 4.24. The monoisotopic (exact) mass is 502 g/mol. The van der Waals surface area contributed by atoms with Crippen LogP contribution in [0.4, 0.5) is 13.2 Å². The molecule has 4 aromatic carbocycles. The van der Waals surface area contributed by atoms with Crippen LogP contribution in [-0.2, 0) is 6.18 Å². The van der Waals surface area contributed by atoms with E-state index in [0.29, 0.717) is 22.2 Å². The molecule has 5 aromatic rings. The van der Waals surface area contributed by atoms with Gasteiger partial charge < -0.3 is 15.0 Å². The summed E-state index contributed by atoms with van der Waals surface area (Å²) in [6.07, 6.45) is -4.42. The van der Waals surface area contributed by atoms with Gasteiger partial charge in [-0.15, -0.1) is 0 Å². The summed E-state index contributed by atoms with van der Waals surface area (Å²) in [5.41, 5.74) is 0.919. The van der Waals surface area contributed by atoms with Crippen molar-refractivity contribution in [3.8, 4) is 11.5 Å². The molecule has 0 aliphatic heterocycles. The molecule has 1 atom stereocenters. The number of pyridine rings is 1. The van der Waals surface area contributed by atoms with Crippen LogP contribution >= 0.6 is 0 Å². The van der Waals surface area contributed by atoms with Crippen molar-refractivity contribution in [2.24, 2.45) is 0 Å². The minimum Gasteiger partial charge on any atom is -0.457 e. The molecule has 8 heteroatoms.